The monoisotopic (exact) mass is 558 g/mol. The van der Waals surface area contributed by atoms with Crippen LogP contribution in [-0.2, 0) is 23.8 Å². The second-order valence-electron chi connectivity index (χ2n) is 16.3. The Bertz CT molecular complexity index is 1050. The summed E-state index contributed by atoms with van der Waals surface area (Å²) >= 11 is 0. The molecule has 0 bridgehead atoms. The van der Waals surface area contributed by atoms with Crippen molar-refractivity contribution in [3.05, 3.63) is 0 Å². The summed E-state index contributed by atoms with van der Waals surface area (Å²) in [5, 5.41) is 10.9. The molecule has 0 amide bonds. The molecule has 1 heterocycles. The molecule has 1 N–H and O–H groups in total. The first-order valence-electron chi connectivity index (χ1n) is 16.3. The third-order valence-corrected chi connectivity index (χ3v) is 14.1. The van der Waals surface area contributed by atoms with E-state index >= 15 is 0 Å². The maximum atomic E-state index is 12.0. The number of esters is 2. The Hall–Kier alpha value is -1.14. The van der Waals surface area contributed by atoms with Gasteiger partial charge in [0.05, 0.1) is 17.8 Å². The zero-order chi connectivity index (χ0) is 29.0. The smallest absolute Gasteiger partial charge is 0.303 e. The van der Waals surface area contributed by atoms with Gasteiger partial charge in [-0.2, -0.15) is 0 Å². The second-order valence-corrected chi connectivity index (χ2v) is 16.3. The van der Waals surface area contributed by atoms with Crippen LogP contribution in [0.15, 0.2) is 0 Å². The van der Waals surface area contributed by atoms with Crippen LogP contribution in [0.3, 0.4) is 0 Å². The highest BCUT2D eigenvalue weighted by molar-refractivity contribution is 5.66. The predicted octanol–water partition coefficient (Wildman–Crippen LogP) is 6.46. The third kappa shape index (κ3) is 3.79. The first-order valence-corrected chi connectivity index (χ1v) is 16.3. The number of carbonyl (C=O) groups excluding carboxylic acids is 2. The zero-order valence-electron chi connectivity index (χ0n) is 26.3. The van der Waals surface area contributed by atoms with E-state index in [2.05, 4.69) is 27.7 Å². The van der Waals surface area contributed by atoms with Gasteiger partial charge in [-0.3, -0.25) is 9.59 Å². The van der Waals surface area contributed by atoms with Crippen molar-refractivity contribution in [2.24, 2.45) is 51.2 Å². The summed E-state index contributed by atoms with van der Waals surface area (Å²) in [5.41, 5.74) is -0.0931. The summed E-state index contributed by atoms with van der Waals surface area (Å²) in [5.74, 6) is 2.72. The van der Waals surface area contributed by atoms with Gasteiger partial charge in [0, 0.05) is 19.3 Å². The van der Waals surface area contributed by atoms with Crippen LogP contribution < -0.4 is 0 Å². The highest BCUT2D eigenvalue weighted by Gasteiger charge is 2.84. The molecule has 226 valence electrons. The molecule has 6 aliphatic rings. The van der Waals surface area contributed by atoms with E-state index in [-0.39, 0.29) is 41.1 Å². The van der Waals surface area contributed by atoms with Crippen molar-refractivity contribution in [2.75, 3.05) is 0 Å². The molecule has 0 aromatic rings. The Morgan fingerprint density at radius 1 is 0.900 bits per heavy atom. The minimum atomic E-state index is -1.15. The first kappa shape index (κ1) is 29.0. The van der Waals surface area contributed by atoms with E-state index < -0.39 is 11.7 Å². The van der Waals surface area contributed by atoms with E-state index in [0.717, 1.165) is 37.5 Å². The Morgan fingerprint density at radius 3 is 2.25 bits per heavy atom. The summed E-state index contributed by atoms with van der Waals surface area (Å²) in [6.07, 6.45) is 10.9. The quantitative estimate of drug-likeness (QED) is 0.399. The van der Waals surface area contributed by atoms with Crippen LogP contribution in [0, 0.1) is 51.2 Å². The molecule has 12 unspecified atom stereocenters. The lowest BCUT2D eigenvalue weighted by molar-refractivity contribution is -0.199. The minimum Gasteiger partial charge on any atom is -0.462 e. The Labute approximate surface area is 241 Å². The van der Waals surface area contributed by atoms with E-state index in [9.17, 15) is 14.7 Å². The Balaban J connectivity index is 1.28. The minimum absolute atomic E-state index is 0.00504. The molecule has 6 rings (SSSR count). The molecule has 5 aliphatic carbocycles. The fourth-order valence-corrected chi connectivity index (χ4v) is 12.8. The number of carbonyl (C=O) groups is 2. The van der Waals surface area contributed by atoms with Crippen LogP contribution in [0.1, 0.15) is 120 Å². The average molecular weight is 559 g/mol. The van der Waals surface area contributed by atoms with Crippen LogP contribution in [0.25, 0.3) is 0 Å². The van der Waals surface area contributed by atoms with Crippen LogP contribution in [0.4, 0.5) is 0 Å². The van der Waals surface area contributed by atoms with E-state index in [1.54, 1.807) is 20.8 Å². The molecule has 0 radical (unpaired) electrons. The fourth-order valence-electron chi connectivity index (χ4n) is 12.8. The number of aliphatic hydroxyl groups is 1. The largest absolute Gasteiger partial charge is 0.462 e. The van der Waals surface area contributed by atoms with E-state index in [0.29, 0.717) is 28.6 Å². The molecule has 6 fully saturated rings. The molecule has 2 spiro atoms. The van der Waals surface area contributed by atoms with Gasteiger partial charge < -0.3 is 19.3 Å². The standard InChI is InChI=1S/C34H54O6/c1-19-33-16-9-15-32(8)23-10-12-25(29(31(6,7)37)39-21(3)36)40-26(23)18-24(32)22(33)11-13-27-30(4,5)28(38-20(2)35)14-17-34(19,27)33/h19,22-29,37H,9-18H2,1-8H3. The summed E-state index contributed by atoms with van der Waals surface area (Å²) in [6, 6.07) is 0. The van der Waals surface area contributed by atoms with Gasteiger partial charge in [-0.15, -0.1) is 0 Å². The van der Waals surface area contributed by atoms with Gasteiger partial charge in [0.15, 0.2) is 6.10 Å². The van der Waals surface area contributed by atoms with Crippen molar-refractivity contribution in [3.63, 3.8) is 0 Å². The molecule has 1 aliphatic heterocycles. The maximum absolute atomic E-state index is 12.0. The molecule has 6 nitrogen and oxygen atoms in total. The van der Waals surface area contributed by atoms with Crippen molar-refractivity contribution < 1.29 is 28.9 Å². The lowest BCUT2D eigenvalue weighted by Gasteiger charge is -2.56. The summed E-state index contributed by atoms with van der Waals surface area (Å²) in [7, 11) is 0. The van der Waals surface area contributed by atoms with Gasteiger partial charge in [-0.05, 0) is 117 Å². The van der Waals surface area contributed by atoms with Crippen molar-refractivity contribution in [2.45, 2.75) is 150 Å². The van der Waals surface area contributed by atoms with Crippen LogP contribution in [-0.4, -0.2) is 47.1 Å². The Morgan fingerprint density at radius 2 is 1.60 bits per heavy atom. The number of fused-ring (bicyclic) bond motifs is 4. The fraction of sp³-hybridized carbons (Fsp3) is 0.941. The highest BCUT2D eigenvalue weighted by atomic mass is 16.6. The Kier molecular flexibility index (Phi) is 6.64. The van der Waals surface area contributed by atoms with E-state index in [1.807, 2.05) is 0 Å². The lowest BCUT2D eigenvalue weighted by Crippen LogP contribution is -2.53. The SMILES string of the molecule is CC(=O)OC(C1CCC2C(CC3C4CCC5C(C)(C)C(OC(C)=O)CCC56C(C)C46CCCC23C)O1)C(C)(C)O. The number of hydrogen-bond acceptors (Lipinski definition) is 6. The zero-order valence-corrected chi connectivity index (χ0v) is 26.3. The second kappa shape index (κ2) is 9.18. The molecule has 0 aromatic carbocycles. The summed E-state index contributed by atoms with van der Waals surface area (Å²) < 4.78 is 18.4. The third-order valence-electron chi connectivity index (χ3n) is 14.1. The van der Waals surface area contributed by atoms with Crippen molar-refractivity contribution in [1.29, 1.82) is 0 Å². The average Bonchev–Trinajstić information content (AvgIpc) is 3.29. The molecule has 6 heteroatoms. The number of ether oxygens (including phenoxy) is 3. The van der Waals surface area contributed by atoms with Crippen LogP contribution >= 0.6 is 0 Å². The molecule has 12 atom stereocenters. The van der Waals surface area contributed by atoms with Gasteiger partial charge in [-0.25, -0.2) is 0 Å². The van der Waals surface area contributed by atoms with Gasteiger partial charge in [0.1, 0.15) is 6.10 Å². The predicted molar refractivity (Wildman–Crippen MR) is 152 cm³/mol. The molecular weight excluding hydrogens is 504 g/mol. The van der Waals surface area contributed by atoms with Gasteiger partial charge in [-0.1, -0.05) is 34.1 Å². The van der Waals surface area contributed by atoms with Crippen LogP contribution in [0.2, 0.25) is 0 Å². The van der Waals surface area contributed by atoms with Crippen LogP contribution in [0.5, 0.6) is 0 Å². The molecule has 5 saturated carbocycles. The van der Waals surface area contributed by atoms with Crippen molar-refractivity contribution in [1.82, 2.24) is 0 Å². The van der Waals surface area contributed by atoms with Crippen molar-refractivity contribution >= 4 is 11.9 Å². The topological polar surface area (TPSA) is 82.1 Å². The maximum Gasteiger partial charge on any atom is 0.303 e. The van der Waals surface area contributed by atoms with Gasteiger partial charge in [0.2, 0.25) is 0 Å². The number of rotatable bonds is 4. The van der Waals surface area contributed by atoms with E-state index in [4.69, 9.17) is 14.2 Å². The van der Waals surface area contributed by atoms with E-state index in [1.165, 1.54) is 45.4 Å². The normalized spacial score (nSPS) is 49.6. The summed E-state index contributed by atoms with van der Waals surface area (Å²) in [4.78, 5) is 23.9. The van der Waals surface area contributed by atoms with Gasteiger partial charge >= 0.3 is 11.9 Å². The summed E-state index contributed by atoms with van der Waals surface area (Å²) in [6.45, 7) is 16.3. The van der Waals surface area contributed by atoms with Gasteiger partial charge in [0.25, 0.3) is 0 Å². The number of hydrogen-bond donors (Lipinski definition) is 1. The lowest BCUT2D eigenvalue weighted by atomic mass is 9.50. The molecule has 1 saturated heterocycles. The van der Waals surface area contributed by atoms with Crippen molar-refractivity contribution in [3.8, 4) is 0 Å². The highest BCUT2D eigenvalue weighted by Crippen LogP contribution is 2.88. The molecule has 0 aromatic heterocycles. The molecule has 40 heavy (non-hydrogen) atoms. The molecular formula is C34H54O6. The first-order chi connectivity index (χ1) is 18.6.